The molecule has 0 saturated heterocycles. The van der Waals surface area contributed by atoms with Crippen LogP contribution in [0.15, 0.2) is 12.1 Å². The minimum absolute atomic E-state index is 0.246. The molecule has 5 heteroatoms. The summed E-state index contributed by atoms with van der Waals surface area (Å²) in [5.74, 6) is 0.198. The second kappa shape index (κ2) is 5.16. The highest BCUT2D eigenvalue weighted by Crippen LogP contribution is 2.48. The topological polar surface area (TPSA) is 72.5 Å². The molecule has 1 aromatic carbocycles. The van der Waals surface area contributed by atoms with Gasteiger partial charge in [-0.2, -0.15) is 0 Å². The number of aliphatic carboxylic acids is 1. The van der Waals surface area contributed by atoms with Crippen LogP contribution >= 0.6 is 11.6 Å². The maximum absolute atomic E-state index is 10.7. The molecule has 0 aromatic heterocycles. The highest BCUT2D eigenvalue weighted by molar-refractivity contribution is 6.31. The number of ether oxygens (including phenoxy) is 1. The van der Waals surface area contributed by atoms with E-state index in [1.165, 1.54) is 0 Å². The zero-order chi connectivity index (χ0) is 13.3. The van der Waals surface area contributed by atoms with Gasteiger partial charge in [-0.05, 0) is 42.9 Å². The van der Waals surface area contributed by atoms with Crippen molar-refractivity contribution in [1.82, 2.24) is 0 Å². The Morgan fingerprint density at radius 3 is 2.78 bits per heavy atom. The summed E-state index contributed by atoms with van der Waals surface area (Å²) in [6, 6.07) is 2.71. The lowest BCUT2D eigenvalue weighted by molar-refractivity contribution is -0.138. The van der Waals surface area contributed by atoms with E-state index in [0.717, 1.165) is 29.7 Å². The molecular weight excluding hydrogens is 254 g/mol. The van der Waals surface area contributed by atoms with E-state index in [9.17, 15) is 4.79 Å². The molecule has 98 valence electrons. The van der Waals surface area contributed by atoms with E-state index in [-0.39, 0.29) is 6.42 Å². The first kappa shape index (κ1) is 13.2. The Labute approximate surface area is 111 Å². The van der Waals surface area contributed by atoms with Gasteiger partial charge in [-0.1, -0.05) is 11.6 Å². The Kier molecular flexibility index (Phi) is 3.78. The zero-order valence-corrected chi connectivity index (χ0v) is 10.9. The van der Waals surface area contributed by atoms with Crippen molar-refractivity contribution in [2.75, 3.05) is 7.11 Å². The van der Waals surface area contributed by atoms with Crippen LogP contribution in [0.5, 0.6) is 5.75 Å². The quantitative estimate of drug-likeness (QED) is 0.859. The van der Waals surface area contributed by atoms with Crippen molar-refractivity contribution in [3.63, 3.8) is 0 Å². The fourth-order valence-electron chi connectivity index (χ4n) is 2.04. The number of rotatable bonds is 5. The van der Waals surface area contributed by atoms with Gasteiger partial charge in [0, 0.05) is 10.6 Å². The maximum atomic E-state index is 10.7. The van der Waals surface area contributed by atoms with Gasteiger partial charge in [0.15, 0.2) is 0 Å². The number of carboxylic acid groups (broad SMARTS) is 1. The van der Waals surface area contributed by atoms with Gasteiger partial charge in [0.1, 0.15) is 11.8 Å². The Hall–Kier alpha value is -1.26. The molecule has 4 nitrogen and oxygen atoms in total. The van der Waals surface area contributed by atoms with Gasteiger partial charge in [-0.25, -0.2) is 0 Å². The number of hydrogen-bond donors (Lipinski definition) is 2. The van der Waals surface area contributed by atoms with Gasteiger partial charge in [0.25, 0.3) is 0 Å². The lowest BCUT2D eigenvalue weighted by Gasteiger charge is -2.13. The molecule has 1 fully saturated rings. The van der Waals surface area contributed by atoms with Crippen LogP contribution in [0.3, 0.4) is 0 Å². The molecule has 1 aliphatic carbocycles. The van der Waals surface area contributed by atoms with Crippen molar-refractivity contribution in [3.8, 4) is 5.75 Å². The SMILES string of the molecule is COc1cc(CC(N)C(=O)O)cc(Cl)c1C1CC1. The Balaban J connectivity index is 2.27. The van der Waals surface area contributed by atoms with Crippen LogP contribution in [0.25, 0.3) is 0 Å². The van der Waals surface area contributed by atoms with Crippen LogP contribution in [0.4, 0.5) is 0 Å². The predicted molar refractivity (Wildman–Crippen MR) is 69.3 cm³/mol. The van der Waals surface area contributed by atoms with Crippen molar-refractivity contribution in [2.24, 2.45) is 5.73 Å². The Morgan fingerprint density at radius 1 is 1.61 bits per heavy atom. The molecule has 0 radical (unpaired) electrons. The molecule has 0 heterocycles. The van der Waals surface area contributed by atoms with Gasteiger partial charge in [0.05, 0.1) is 7.11 Å². The first-order valence-electron chi connectivity index (χ1n) is 5.87. The van der Waals surface area contributed by atoms with Crippen molar-refractivity contribution >= 4 is 17.6 Å². The first-order valence-corrected chi connectivity index (χ1v) is 6.25. The van der Waals surface area contributed by atoms with Gasteiger partial charge in [0.2, 0.25) is 0 Å². The molecule has 1 saturated carbocycles. The van der Waals surface area contributed by atoms with E-state index in [4.69, 9.17) is 27.2 Å². The van der Waals surface area contributed by atoms with Gasteiger partial charge in [-0.3, -0.25) is 4.79 Å². The molecule has 1 unspecified atom stereocenters. The lowest BCUT2D eigenvalue weighted by atomic mass is 10.0. The maximum Gasteiger partial charge on any atom is 0.320 e. The summed E-state index contributed by atoms with van der Waals surface area (Å²) in [5, 5.41) is 9.45. The third-order valence-corrected chi connectivity index (χ3v) is 3.44. The Morgan fingerprint density at radius 2 is 2.28 bits per heavy atom. The van der Waals surface area contributed by atoms with E-state index in [1.54, 1.807) is 13.2 Å². The third kappa shape index (κ3) is 2.76. The van der Waals surface area contributed by atoms with Crippen LogP contribution in [0, 0.1) is 0 Å². The highest BCUT2D eigenvalue weighted by Gasteiger charge is 2.29. The average Bonchev–Trinajstić information content (AvgIpc) is 3.11. The third-order valence-electron chi connectivity index (χ3n) is 3.13. The second-order valence-electron chi connectivity index (χ2n) is 4.62. The van der Waals surface area contributed by atoms with Crippen LogP contribution in [0.1, 0.15) is 29.9 Å². The first-order chi connectivity index (χ1) is 8.52. The van der Waals surface area contributed by atoms with Gasteiger partial charge < -0.3 is 15.6 Å². The average molecular weight is 270 g/mol. The van der Waals surface area contributed by atoms with Gasteiger partial charge in [-0.15, -0.1) is 0 Å². The summed E-state index contributed by atoms with van der Waals surface area (Å²) >= 11 is 6.24. The molecule has 2 rings (SSSR count). The number of benzene rings is 1. The van der Waals surface area contributed by atoms with Crippen LogP contribution in [-0.2, 0) is 11.2 Å². The lowest BCUT2D eigenvalue weighted by Crippen LogP contribution is -2.32. The summed E-state index contributed by atoms with van der Waals surface area (Å²) in [6.07, 6.45) is 2.50. The number of carbonyl (C=O) groups is 1. The summed E-state index contributed by atoms with van der Waals surface area (Å²) < 4.78 is 5.34. The number of hydrogen-bond acceptors (Lipinski definition) is 3. The van der Waals surface area contributed by atoms with Crippen LogP contribution in [0.2, 0.25) is 5.02 Å². The molecule has 0 aliphatic heterocycles. The van der Waals surface area contributed by atoms with E-state index in [0.29, 0.717) is 10.9 Å². The van der Waals surface area contributed by atoms with E-state index < -0.39 is 12.0 Å². The minimum Gasteiger partial charge on any atom is -0.496 e. The monoisotopic (exact) mass is 269 g/mol. The summed E-state index contributed by atoms with van der Waals surface area (Å²) in [5.41, 5.74) is 7.34. The van der Waals surface area contributed by atoms with Crippen molar-refractivity contribution in [2.45, 2.75) is 31.2 Å². The summed E-state index contributed by atoms with van der Waals surface area (Å²) in [4.78, 5) is 10.7. The van der Waals surface area contributed by atoms with E-state index in [2.05, 4.69) is 0 Å². The van der Waals surface area contributed by atoms with Crippen LogP contribution < -0.4 is 10.5 Å². The highest BCUT2D eigenvalue weighted by atomic mass is 35.5. The van der Waals surface area contributed by atoms with Crippen molar-refractivity contribution in [1.29, 1.82) is 0 Å². The van der Waals surface area contributed by atoms with Crippen molar-refractivity contribution in [3.05, 3.63) is 28.3 Å². The fourth-order valence-corrected chi connectivity index (χ4v) is 2.43. The molecule has 1 aliphatic rings. The number of carboxylic acids is 1. The van der Waals surface area contributed by atoms with Crippen LogP contribution in [-0.4, -0.2) is 24.2 Å². The molecule has 3 N–H and O–H groups in total. The van der Waals surface area contributed by atoms with E-state index in [1.807, 2.05) is 6.07 Å². The molecule has 0 bridgehead atoms. The number of methoxy groups -OCH3 is 1. The molecule has 0 amide bonds. The Bertz CT molecular complexity index is 472. The molecule has 1 aromatic rings. The van der Waals surface area contributed by atoms with E-state index >= 15 is 0 Å². The molecule has 0 spiro atoms. The van der Waals surface area contributed by atoms with Gasteiger partial charge >= 0.3 is 5.97 Å². The number of nitrogens with two attached hydrogens (primary N) is 1. The zero-order valence-electron chi connectivity index (χ0n) is 10.1. The van der Waals surface area contributed by atoms with Crippen molar-refractivity contribution < 1.29 is 14.6 Å². The second-order valence-corrected chi connectivity index (χ2v) is 5.02. The normalized spacial score (nSPS) is 16.4. The fraction of sp³-hybridized carbons (Fsp3) is 0.462. The minimum atomic E-state index is -1.02. The summed E-state index contributed by atoms with van der Waals surface area (Å²) in [6.45, 7) is 0. The predicted octanol–water partition coefficient (Wildman–Crippen LogP) is 2.18. The number of halogens is 1. The molecule has 18 heavy (non-hydrogen) atoms. The molecular formula is C13H16ClNO3. The molecule has 1 atom stereocenters. The standard InChI is InChI=1S/C13H16ClNO3/c1-18-11-6-7(5-10(15)13(16)17)4-9(14)12(11)8-2-3-8/h4,6,8,10H,2-3,5,15H2,1H3,(H,16,17). The summed E-state index contributed by atoms with van der Waals surface area (Å²) in [7, 11) is 1.60. The smallest absolute Gasteiger partial charge is 0.320 e. The largest absolute Gasteiger partial charge is 0.496 e.